The molecule has 9 heterocycles. The lowest BCUT2D eigenvalue weighted by Crippen LogP contribution is -2.57. The van der Waals surface area contributed by atoms with Crippen molar-refractivity contribution in [2.45, 2.75) is 372 Å². The van der Waals surface area contributed by atoms with E-state index in [9.17, 15) is 43.2 Å². The number of carbonyl (C=O) groups excluding carboxylic acids is 9. The maximum Gasteiger partial charge on any atom is 0.320 e. The van der Waals surface area contributed by atoms with E-state index in [4.69, 9.17) is 0 Å². The molecule has 32 nitrogen and oxygen atoms in total. The highest BCUT2D eigenvalue weighted by Crippen LogP contribution is 2.34. The Morgan fingerprint density at radius 2 is 0.517 bits per heavy atom. The highest BCUT2D eigenvalue weighted by molar-refractivity contribution is 5.79. The molecule has 0 N–H and O–H groups in total. The van der Waals surface area contributed by atoms with Crippen molar-refractivity contribution in [2.75, 3.05) is 297 Å². The molecule has 10 aliphatic rings. The Bertz CT molecular complexity index is 3620. The molecular formula is C115H233N23O9. The molecule has 9 saturated heterocycles. The van der Waals surface area contributed by atoms with Gasteiger partial charge in [-0.3, -0.25) is 63.3 Å². The fourth-order valence-electron chi connectivity index (χ4n) is 19.0. The summed E-state index contributed by atoms with van der Waals surface area (Å²) in [6, 6.07) is 2.29. The van der Waals surface area contributed by atoms with E-state index in [0.29, 0.717) is 72.2 Å². The first kappa shape index (κ1) is 137. The second-order valence-electron chi connectivity index (χ2n) is 53.2. The van der Waals surface area contributed by atoms with Gasteiger partial charge in [-0.2, -0.15) is 0 Å². The fourth-order valence-corrected chi connectivity index (χ4v) is 19.0. The number of urea groups is 5. The molecule has 32 heteroatoms. The van der Waals surface area contributed by atoms with Gasteiger partial charge in [-0.05, 0) is 256 Å². The second-order valence-corrected chi connectivity index (χ2v) is 53.2. The number of hydrogen-bond donors (Lipinski definition) is 0. The van der Waals surface area contributed by atoms with Crippen LogP contribution in [0.25, 0.3) is 0 Å². The number of hydrogen-bond acceptors (Lipinski definition) is 18. The third kappa shape index (κ3) is 52.6. The van der Waals surface area contributed by atoms with Crippen molar-refractivity contribution in [2.24, 2.45) is 29.1 Å². The Kier molecular flexibility index (Phi) is 59.3. The molecule has 1 aliphatic carbocycles. The zero-order valence-corrected chi connectivity index (χ0v) is 104. The third-order valence-corrected chi connectivity index (χ3v) is 30.1. The summed E-state index contributed by atoms with van der Waals surface area (Å²) in [6.07, 6.45) is 6.43. The van der Waals surface area contributed by atoms with Gasteiger partial charge in [-0.15, -0.1) is 0 Å². The zero-order valence-electron chi connectivity index (χ0n) is 104. The molecule has 1 saturated carbocycles. The molecule has 0 radical (unpaired) electrons. The van der Waals surface area contributed by atoms with Crippen molar-refractivity contribution in [3.8, 4) is 0 Å². The summed E-state index contributed by atoms with van der Waals surface area (Å²) in [5.41, 5.74) is 1.64. The van der Waals surface area contributed by atoms with Gasteiger partial charge in [0.05, 0.1) is 0 Å². The normalized spacial score (nSPS) is 19.3. The summed E-state index contributed by atoms with van der Waals surface area (Å²) in [6.45, 7) is 122. The number of piperazine rings is 9. The highest BCUT2D eigenvalue weighted by atomic mass is 16.2. The zero-order chi connectivity index (χ0) is 113. The topological polar surface area (TPSA) is 228 Å². The smallest absolute Gasteiger partial charge is 0.320 e. The first-order valence-electron chi connectivity index (χ1n) is 57.5. The molecular weight excluding hydrogens is 1850 g/mol. The minimum atomic E-state index is 0.0955. The lowest BCUT2D eigenvalue weighted by Gasteiger charge is -2.43. The molecule has 10 rings (SSSR count). The van der Waals surface area contributed by atoms with Crippen LogP contribution in [0, 0.1) is 29.1 Å². The first-order valence-corrected chi connectivity index (χ1v) is 57.5. The van der Waals surface area contributed by atoms with Crippen LogP contribution in [0.1, 0.15) is 315 Å². The Balaban J connectivity index is 0.000000559. The predicted octanol–water partition coefficient (Wildman–Crippen LogP) is 16.1. The van der Waals surface area contributed by atoms with E-state index >= 15 is 0 Å². The number of carbonyl (C=O) groups is 9. The van der Waals surface area contributed by atoms with Crippen molar-refractivity contribution >= 4 is 53.8 Å². The lowest BCUT2D eigenvalue weighted by molar-refractivity contribution is -0.136. The third-order valence-electron chi connectivity index (χ3n) is 30.1. The Labute approximate surface area is 902 Å². The van der Waals surface area contributed by atoms with Gasteiger partial charge in [-0.1, -0.05) is 62.3 Å². The van der Waals surface area contributed by atoms with Gasteiger partial charge in [0.25, 0.3) is 0 Å². The minimum absolute atomic E-state index is 0.0955. The second kappa shape index (κ2) is 63.6. The number of amides is 14. The number of nitrogens with zero attached hydrogens (tertiary/aromatic N) is 23. The van der Waals surface area contributed by atoms with Crippen LogP contribution >= 0.6 is 0 Å². The van der Waals surface area contributed by atoms with E-state index in [0.717, 1.165) is 281 Å². The van der Waals surface area contributed by atoms with E-state index in [-0.39, 0.29) is 80.4 Å². The van der Waals surface area contributed by atoms with Gasteiger partial charge in [-0.25, -0.2) is 24.0 Å². The van der Waals surface area contributed by atoms with Gasteiger partial charge in [0.1, 0.15) is 0 Å². The molecule has 0 aromatic rings. The summed E-state index contributed by atoms with van der Waals surface area (Å²) in [5, 5.41) is 0. The quantitative estimate of drug-likeness (QED) is 0.140. The molecule has 10 fully saturated rings. The van der Waals surface area contributed by atoms with Crippen molar-refractivity contribution < 1.29 is 43.2 Å². The fraction of sp³-hybridized carbons (Fsp3) is 0.922. The van der Waals surface area contributed by atoms with Crippen LogP contribution < -0.4 is 0 Å². The lowest BCUT2D eigenvalue weighted by atomic mass is 9.91. The summed E-state index contributed by atoms with van der Waals surface area (Å²) >= 11 is 0. The van der Waals surface area contributed by atoms with Gasteiger partial charge in [0, 0.05) is 380 Å². The molecule has 147 heavy (non-hydrogen) atoms. The van der Waals surface area contributed by atoms with E-state index in [1.807, 2.05) is 110 Å². The van der Waals surface area contributed by atoms with Crippen LogP contribution in [0.5, 0.6) is 0 Å². The van der Waals surface area contributed by atoms with Crippen molar-refractivity contribution in [1.29, 1.82) is 0 Å². The Morgan fingerprint density at radius 1 is 0.265 bits per heavy atom. The maximum absolute atomic E-state index is 12.2. The largest absolute Gasteiger partial charge is 0.340 e. The summed E-state index contributed by atoms with van der Waals surface area (Å²) in [4.78, 5) is 157. The molecule has 0 atom stereocenters. The Morgan fingerprint density at radius 3 is 0.762 bits per heavy atom. The Hall–Kier alpha value is -6.13. The molecule has 0 bridgehead atoms. The summed E-state index contributed by atoms with van der Waals surface area (Å²) in [7, 11) is 9.25. The average Bonchev–Trinajstić information content (AvgIpc) is 1.80. The van der Waals surface area contributed by atoms with Crippen molar-refractivity contribution in [3.05, 3.63) is 0 Å². The maximum atomic E-state index is 12.2. The van der Waals surface area contributed by atoms with Gasteiger partial charge >= 0.3 is 30.2 Å². The molecule has 9 aliphatic heterocycles. The van der Waals surface area contributed by atoms with Gasteiger partial charge in [0.2, 0.25) is 23.6 Å². The standard InChI is InChI=1S/C14H28N2O.3C13H27N3O.C13H24N2O.2C13H26N2O.C12H25N3O.C11H23N3O/c1-13(2,3)11-12(17)15-7-9-16(10-8-15)14(4,5)6;1-11(2)14(6)12(17)15-7-9-16(10-8-15)13(3,4)5;1-11(2)10-14(5)13(17)16-8-6-15(7-9-16)12(3)4;1-6-14(7-2)12(17)15-8-10-16(11-9-15)13(3,4)5;1-13(2,3)15-8-6-14(7-9-15)12(16)10-11-4-5-11;1-11(2)10-12(16)14-6-8-15(9-7-14)13(3,4)5;1-11(2)5-6-13(16)15-9-7-14(8-10-15)12(3)4;1-6-13(5)11(16)14-7-9-15(10-8-14)12(2,3)4;1-11(2,3)14-8-6-13(7-9-14)10(15)12(4)5/h7-11H2,1-6H3;11H,7-10H2,1-6H3;11-12H,6-10H2,1-5H3;6-11H2,1-5H3;11H,4-10H2,1-3H3;11H,6-10H2,1-5H3;11-12H,5-10H2,1-4H3;6-10H2,1-5H3;6-9H2,1-5H3. The van der Waals surface area contributed by atoms with E-state index in [2.05, 4.69) is 284 Å². The first-order chi connectivity index (χ1) is 67.6. The molecule has 0 aromatic carbocycles. The van der Waals surface area contributed by atoms with Gasteiger partial charge in [0.15, 0.2) is 0 Å². The molecule has 0 aromatic heterocycles. The number of rotatable bonds is 16. The van der Waals surface area contributed by atoms with E-state index in [1.165, 1.54) is 12.8 Å². The molecule has 0 spiro atoms. The van der Waals surface area contributed by atoms with Crippen LogP contribution in [0.4, 0.5) is 24.0 Å². The summed E-state index contributed by atoms with van der Waals surface area (Å²) < 4.78 is 0. The highest BCUT2D eigenvalue weighted by Gasteiger charge is 2.39. The van der Waals surface area contributed by atoms with Crippen molar-refractivity contribution in [1.82, 2.24) is 113 Å². The average molecular weight is 2080 g/mol. The van der Waals surface area contributed by atoms with Crippen molar-refractivity contribution in [3.63, 3.8) is 0 Å². The molecule has 862 valence electrons. The van der Waals surface area contributed by atoms with Crippen LogP contribution in [-0.4, -0.2) is 520 Å². The minimum Gasteiger partial charge on any atom is -0.340 e. The SMILES string of the molecule is CC(C)(C)CC(=O)N1CCN(C(C)(C)C)CC1.CC(C)(C)N1CCN(C(=O)CC2CC2)CC1.CC(C)CC(=O)N1CCN(C(C)(C)C)CC1.CC(C)CCC(=O)N1CCN(C(C)C)CC1.CC(C)CN(C)C(=O)N1CCN(C(C)C)CC1.CC(C)N(C)C(=O)N1CCN(C(C)(C)C)CC1.CCN(C)C(=O)N1CCN(C(C)(C)C)CC1.CCN(CC)C(=O)N1CCN(C(C)(C)C)CC1.CN(C)C(=O)N1CCN(C(C)(C)C)CC1. The van der Waals surface area contributed by atoms with Crippen LogP contribution in [-0.2, 0) is 19.2 Å². The van der Waals surface area contributed by atoms with Crippen LogP contribution in [0.2, 0.25) is 0 Å². The van der Waals surface area contributed by atoms with Crippen LogP contribution in [0.15, 0.2) is 0 Å². The summed E-state index contributed by atoms with van der Waals surface area (Å²) in [5.74, 6) is 3.70. The van der Waals surface area contributed by atoms with E-state index < -0.39 is 0 Å². The van der Waals surface area contributed by atoms with Gasteiger partial charge < -0.3 is 68.6 Å². The van der Waals surface area contributed by atoms with Crippen LogP contribution in [0.3, 0.4) is 0 Å². The molecule has 14 amide bonds. The molecule has 0 unspecified atom stereocenters. The predicted molar refractivity (Wildman–Crippen MR) is 614 cm³/mol. The monoisotopic (exact) mass is 2080 g/mol. The van der Waals surface area contributed by atoms with E-state index in [1.54, 1.807) is 23.9 Å².